The lowest BCUT2D eigenvalue weighted by molar-refractivity contribution is 0.327. The van der Waals surface area contributed by atoms with Gasteiger partial charge in [-0.2, -0.15) is 0 Å². The molecule has 1 heterocycles. The fourth-order valence-electron chi connectivity index (χ4n) is 2.92. The number of nitrogens with one attached hydrogen (secondary N) is 2. The smallest absolute Gasteiger partial charge is 0.132 e. The maximum Gasteiger partial charge on any atom is 0.132 e. The third kappa shape index (κ3) is 4.08. The van der Waals surface area contributed by atoms with Crippen molar-refractivity contribution in [1.82, 2.24) is 9.97 Å². The zero-order chi connectivity index (χ0) is 13.7. The number of aromatic nitrogens is 2. The zero-order valence-corrected chi connectivity index (χ0v) is 12.4. The van der Waals surface area contributed by atoms with E-state index in [0.717, 1.165) is 29.9 Å². The number of hydrogen-bond acceptors (Lipinski definition) is 4. The van der Waals surface area contributed by atoms with Crippen molar-refractivity contribution in [1.29, 1.82) is 0 Å². The molecule has 1 fully saturated rings. The Morgan fingerprint density at radius 1 is 1.21 bits per heavy atom. The molecule has 0 radical (unpaired) electrons. The van der Waals surface area contributed by atoms with E-state index >= 15 is 0 Å². The number of nitrogens with zero attached hydrogens (tertiary/aromatic N) is 2. The summed E-state index contributed by atoms with van der Waals surface area (Å²) in [6.07, 6.45) is 6.55. The highest BCUT2D eigenvalue weighted by Crippen LogP contribution is 2.28. The second kappa shape index (κ2) is 6.73. The minimum atomic E-state index is 0.572. The average Bonchev–Trinajstić information content (AvgIpc) is 2.38. The zero-order valence-electron chi connectivity index (χ0n) is 12.4. The van der Waals surface area contributed by atoms with Gasteiger partial charge in [-0.15, -0.1) is 0 Å². The molecule has 1 aromatic rings. The molecule has 0 spiro atoms. The summed E-state index contributed by atoms with van der Waals surface area (Å²) in [5.41, 5.74) is 0. The average molecular weight is 262 g/mol. The van der Waals surface area contributed by atoms with E-state index in [4.69, 9.17) is 0 Å². The second-order valence-corrected chi connectivity index (χ2v) is 5.50. The fraction of sp³-hybridized carbons (Fsp3) is 0.733. The molecule has 0 aromatic carbocycles. The fourth-order valence-corrected chi connectivity index (χ4v) is 2.92. The Balaban J connectivity index is 2.01. The Hall–Kier alpha value is -1.32. The minimum Gasteiger partial charge on any atom is -0.370 e. The molecule has 4 nitrogen and oxygen atoms in total. The molecule has 19 heavy (non-hydrogen) atoms. The van der Waals surface area contributed by atoms with E-state index in [1.165, 1.54) is 32.1 Å². The predicted octanol–water partition coefficient (Wildman–Crippen LogP) is 3.60. The summed E-state index contributed by atoms with van der Waals surface area (Å²) in [4.78, 5) is 8.88. The van der Waals surface area contributed by atoms with Gasteiger partial charge in [0.2, 0.25) is 0 Å². The third-order valence-corrected chi connectivity index (χ3v) is 3.91. The highest BCUT2D eigenvalue weighted by atomic mass is 15.1. The van der Waals surface area contributed by atoms with Gasteiger partial charge in [0.05, 0.1) is 0 Å². The van der Waals surface area contributed by atoms with Crippen LogP contribution in [-0.4, -0.2) is 22.6 Å². The van der Waals surface area contributed by atoms with Gasteiger partial charge >= 0.3 is 0 Å². The molecular weight excluding hydrogens is 236 g/mol. The quantitative estimate of drug-likeness (QED) is 0.851. The van der Waals surface area contributed by atoms with E-state index in [0.29, 0.717) is 6.04 Å². The largest absolute Gasteiger partial charge is 0.370 e. The van der Waals surface area contributed by atoms with Crippen LogP contribution in [0.5, 0.6) is 0 Å². The molecule has 4 heteroatoms. The molecule has 1 aromatic heterocycles. The molecule has 0 amide bonds. The van der Waals surface area contributed by atoms with Crippen molar-refractivity contribution in [2.75, 3.05) is 17.2 Å². The van der Waals surface area contributed by atoms with Crippen LogP contribution in [0.2, 0.25) is 0 Å². The molecule has 0 bridgehead atoms. The van der Waals surface area contributed by atoms with Crippen molar-refractivity contribution in [3.8, 4) is 0 Å². The highest BCUT2D eigenvalue weighted by Gasteiger charge is 2.21. The van der Waals surface area contributed by atoms with Gasteiger partial charge in [0.15, 0.2) is 0 Å². The molecule has 1 aliphatic rings. The van der Waals surface area contributed by atoms with Gasteiger partial charge in [-0.25, -0.2) is 9.97 Å². The van der Waals surface area contributed by atoms with E-state index in [2.05, 4.69) is 34.4 Å². The van der Waals surface area contributed by atoms with Gasteiger partial charge in [-0.3, -0.25) is 0 Å². The van der Waals surface area contributed by atoms with E-state index in [-0.39, 0.29) is 0 Å². The molecule has 2 unspecified atom stereocenters. The van der Waals surface area contributed by atoms with Crippen LogP contribution in [-0.2, 0) is 0 Å². The van der Waals surface area contributed by atoms with Crippen molar-refractivity contribution >= 4 is 11.6 Å². The van der Waals surface area contributed by atoms with Crippen LogP contribution in [0.15, 0.2) is 6.07 Å². The summed E-state index contributed by atoms with van der Waals surface area (Å²) in [5, 5.41) is 6.85. The van der Waals surface area contributed by atoms with Crippen molar-refractivity contribution in [2.24, 2.45) is 5.92 Å². The van der Waals surface area contributed by atoms with Crippen molar-refractivity contribution in [3.63, 3.8) is 0 Å². The van der Waals surface area contributed by atoms with Gasteiger partial charge in [-0.05, 0) is 32.6 Å². The van der Waals surface area contributed by atoms with Crippen LogP contribution >= 0.6 is 0 Å². The molecule has 1 aliphatic carbocycles. The van der Waals surface area contributed by atoms with E-state index < -0.39 is 0 Å². The summed E-state index contributed by atoms with van der Waals surface area (Å²) in [6.45, 7) is 7.21. The second-order valence-electron chi connectivity index (χ2n) is 5.50. The Morgan fingerprint density at radius 3 is 2.74 bits per heavy atom. The van der Waals surface area contributed by atoms with E-state index in [1.54, 1.807) is 0 Å². The molecule has 2 atom stereocenters. The van der Waals surface area contributed by atoms with Crippen molar-refractivity contribution < 1.29 is 0 Å². The molecule has 0 saturated heterocycles. The lowest BCUT2D eigenvalue weighted by Crippen LogP contribution is -2.27. The molecule has 106 valence electrons. The van der Waals surface area contributed by atoms with Gasteiger partial charge in [-0.1, -0.05) is 26.2 Å². The molecule has 1 saturated carbocycles. The lowest BCUT2D eigenvalue weighted by atomic mass is 9.84. The Bertz CT molecular complexity index is 405. The third-order valence-electron chi connectivity index (χ3n) is 3.91. The first-order valence-corrected chi connectivity index (χ1v) is 7.57. The van der Waals surface area contributed by atoms with Gasteiger partial charge in [0.25, 0.3) is 0 Å². The topological polar surface area (TPSA) is 49.8 Å². The maximum absolute atomic E-state index is 4.50. The first-order valence-electron chi connectivity index (χ1n) is 7.57. The number of hydrogen-bond donors (Lipinski definition) is 2. The Morgan fingerprint density at radius 2 is 2.00 bits per heavy atom. The first-order chi connectivity index (χ1) is 9.21. The Labute approximate surface area is 116 Å². The first kappa shape index (κ1) is 14.1. The van der Waals surface area contributed by atoms with Crippen LogP contribution in [0, 0.1) is 12.8 Å². The Kier molecular flexibility index (Phi) is 5.00. The lowest BCUT2D eigenvalue weighted by Gasteiger charge is -2.29. The predicted molar refractivity (Wildman–Crippen MR) is 80.6 cm³/mol. The summed E-state index contributed by atoms with van der Waals surface area (Å²) in [5.74, 6) is 3.58. The number of rotatable bonds is 5. The number of anilines is 2. The number of aryl methyl sites for hydroxylation is 1. The van der Waals surface area contributed by atoms with Crippen LogP contribution in [0.3, 0.4) is 0 Å². The molecule has 2 N–H and O–H groups in total. The highest BCUT2D eigenvalue weighted by molar-refractivity contribution is 5.48. The van der Waals surface area contributed by atoms with Gasteiger partial charge in [0, 0.05) is 18.7 Å². The monoisotopic (exact) mass is 262 g/mol. The SMILES string of the molecule is CCNc1cc(NC2CCCC(CC)C2)nc(C)n1. The summed E-state index contributed by atoms with van der Waals surface area (Å²) in [6, 6.07) is 2.59. The maximum atomic E-state index is 4.50. The van der Waals surface area contributed by atoms with Gasteiger partial charge in [0.1, 0.15) is 17.5 Å². The molecule has 2 rings (SSSR count). The standard InChI is InChI=1S/C15H26N4/c1-4-12-7-6-8-13(9-12)19-15-10-14(16-5-2)17-11(3)18-15/h10,12-13H,4-9H2,1-3H3,(H2,16,17,18,19). The van der Waals surface area contributed by atoms with Crippen molar-refractivity contribution in [2.45, 2.75) is 58.9 Å². The van der Waals surface area contributed by atoms with Crippen LogP contribution in [0.1, 0.15) is 51.8 Å². The van der Waals surface area contributed by atoms with Crippen LogP contribution in [0.4, 0.5) is 11.6 Å². The van der Waals surface area contributed by atoms with Crippen LogP contribution < -0.4 is 10.6 Å². The summed E-state index contributed by atoms with van der Waals surface area (Å²) < 4.78 is 0. The molecule has 0 aliphatic heterocycles. The minimum absolute atomic E-state index is 0.572. The summed E-state index contributed by atoms with van der Waals surface area (Å²) >= 11 is 0. The van der Waals surface area contributed by atoms with Gasteiger partial charge < -0.3 is 10.6 Å². The summed E-state index contributed by atoms with van der Waals surface area (Å²) in [7, 11) is 0. The normalized spacial score (nSPS) is 23.1. The van der Waals surface area contributed by atoms with E-state index in [9.17, 15) is 0 Å². The van der Waals surface area contributed by atoms with Crippen molar-refractivity contribution in [3.05, 3.63) is 11.9 Å². The molecular formula is C15H26N4. The van der Waals surface area contributed by atoms with Crippen LogP contribution in [0.25, 0.3) is 0 Å². The van der Waals surface area contributed by atoms with E-state index in [1.807, 2.05) is 13.0 Å².